The van der Waals surface area contributed by atoms with Crippen molar-refractivity contribution in [1.82, 2.24) is 0 Å². The Kier molecular flexibility index (Phi) is 5.90. The number of ether oxygens (including phenoxy) is 2. The van der Waals surface area contributed by atoms with Crippen molar-refractivity contribution in [3.8, 4) is 23.0 Å². The van der Waals surface area contributed by atoms with E-state index in [2.05, 4.69) is 15.9 Å². The van der Waals surface area contributed by atoms with Crippen LogP contribution in [0, 0.1) is 10.1 Å². The topological polar surface area (TPSA) is 81.9 Å². The molecule has 31 heavy (non-hydrogen) atoms. The van der Waals surface area contributed by atoms with E-state index in [1.54, 1.807) is 47.4 Å². The molecule has 0 unspecified atom stereocenters. The fourth-order valence-electron chi connectivity index (χ4n) is 3.35. The summed E-state index contributed by atoms with van der Waals surface area (Å²) in [5.74, 6) is 0.750. The normalized spacial score (nSPS) is 12.5. The van der Waals surface area contributed by atoms with Crippen molar-refractivity contribution in [1.29, 1.82) is 0 Å². The first-order chi connectivity index (χ1) is 15.0. The molecular formula is C23H19BrN2O5. The van der Waals surface area contributed by atoms with Gasteiger partial charge in [0.25, 0.3) is 11.6 Å². The highest BCUT2D eigenvalue weighted by atomic mass is 79.9. The van der Waals surface area contributed by atoms with E-state index < -0.39 is 4.92 Å². The lowest BCUT2D eigenvalue weighted by atomic mass is 10.1. The molecule has 158 valence electrons. The molecular weight excluding hydrogens is 464 g/mol. The maximum Gasteiger partial charge on any atom is 0.276 e. The number of nitro groups is 1. The quantitative estimate of drug-likeness (QED) is 0.288. The lowest BCUT2D eigenvalue weighted by Crippen LogP contribution is -2.31. The summed E-state index contributed by atoms with van der Waals surface area (Å²) in [6.07, 6.45) is 1.70. The number of para-hydroxylation sites is 2. The Morgan fingerprint density at radius 1 is 1.10 bits per heavy atom. The van der Waals surface area contributed by atoms with Gasteiger partial charge in [-0.2, -0.15) is 0 Å². The van der Waals surface area contributed by atoms with Crippen LogP contribution in [-0.2, 0) is 0 Å². The lowest BCUT2D eigenvalue weighted by Gasteiger charge is -2.22. The summed E-state index contributed by atoms with van der Waals surface area (Å²) in [4.78, 5) is 26.3. The Morgan fingerprint density at radius 3 is 2.55 bits per heavy atom. The molecule has 0 fully saturated rings. The summed E-state index contributed by atoms with van der Waals surface area (Å²) in [6, 6.07) is 16.7. The van der Waals surface area contributed by atoms with Gasteiger partial charge in [-0.25, -0.2) is 0 Å². The number of halogens is 1. The van der Waals surface area contributed by atoms with Crippen molar-refractivity contribution >= 4 is 33.2 Å². The number of nitro benzene ring substituents is 1. The molecule has 0 aromatic heterocycles. The third-order valence-corrected chi connectivity index (χ3v) is 5.40. The number of anilines is 1. The lowest BCUT2D eigenvalue weighted by molar-refractivity contribution is -0.385. The van der Waals surface area contributed by atoms with E-state index in [0.29, 0.717) is 23.7 Å². The zero-order valence-electron chi connectivity index (χ0n) is 16.7. The second-order valence-electron chi connectivity index (χ2n) is 7.01. The number of nitrogens with zero attached hydrogens (tertiary/aromatic N) is 2. The summed E-state index contributed by atoms with van der Waals surface area (Å²) < 4.78 is 12.8. The Hall–Kier alpha value is -3.39. The molecule has 1 aliphatic rings. The first-order valence-corrected chi connectivity index (χ1v) is 10.6. The van der Waals surface area contributed by atoms with Gasteiger partial charge in [-0.15, -0.1) is 0 Å². The van der Waals surface area contributed by atoms with Crippen LogP contribution in [0.5, 0.6) is 23.0 Å². The van der Waals surface area contributed by atoms with E-state index in [1.807, 2.05) is 13.0 Å². The molecule has 3 aromatic carbocycles. The average molecular weight is 483 g/mol. The Labute approximate surface area is 187 Å². The summed E-state index contributed by atoms with van der Waals surface area (Å²) in [5, 5.41) is 11.5. The number of rotatable bonds is 6. The number of amides is 1. The van der Waals surface area contributed by atoms with Crippen LogP contribution < -0.4 is 14.4 Å². The van der Waals surface area contributed by atoms with Crippen molar-refractivity contribution in [3.05, 3.63) is 80.8 Å². The van der Waals surface area contributed by atoms with Crippen LogP contribution >= 0.6 is 15.9 Å². The minimum absolute atomic E-state index is 0.0748. The van der Waals surface area contributed by atoms with Crippen LogP contribution in [0.4, 0.5) is 11.4 Å². The third-order valence-electron chi connectivity index (χ3n) is 4.87. The average Bonchev–Trinajstić information content (AvgIpc) is 2.87. The zero-order chi connectivity index (χ0) is 22.0. The van der Waals surface area contributed by atoms with Gasteiger partial charge < -0.3 is 14.4 Å². The minimum atomic E-state index is -0.534. The number of hydrogen-bond acceptors (Lipinski definition) is 5. The van der Waals surface area contributed by atoms with Crippen LogP contribution in [0.3, 0.4) is 0 Å². The van der Waals surface area contributed by atoms with E-state index in [-0.39, 0.29) is 28.7 Å². The van der Waals surface area contributed by atoms with Gasteiger partial charge in [0.15, 0.2) is 17.2 Å². The molecule has 0 spiro atoms. The van der Waals surface area contributed by atoms with Gasteiger partial charge in [-0.05, 0) is 42.8 Å². The highest BCUT2D eigenvalue weighted by Crippen LogP contribution is 2.45. The molecule has 0 atom stereocenters. The monoisotopic (exact) mass is 482 g/mol. The van der Waals surface area contributed by atoms with Crippen molar-refractivity contribution in [2.75, 3.05) is 11.4 Å². The van der Waals surface area contributed by atoms with E-state index >= 15 is 0 Å². The van der Waals surface area contributed by atoms with Crippen LogP contribution in [0.2, 0.25) is 0 Å². The van der Waals surface area contributed by atoms with Crippen molar-refractivity contribution in [2.24, 2.45) is 0 Å². The molecule has 0 radical (unpaired) electrons. The standard InChI is InChI=1S/C23H19BrN2O5/c1-2-3-12-25-18-6-4-5-7-19(18)31-21-14-16(26(28)29)13-20(22(21)23(25)27)30-17-10-8-15(24)9-11-17/h4-11,13-14H,2-3,12H2,1H3. The molecule has 8 heteroatoms. The van der Waals surface area contributed by atoms with Gasteiger partial charge >= 0.3 is 0 Å². The Balaban J connectivity index is 1.88. The van der Waals surface area contributed by atoms with E-state index in [9.17, 15) is 14.9 Å². The summed E-state index contributed by atoms with van der Waals surface area (Å²) in [5.41, 5.74) is 0.549. The number of non-ortho nitro benzene ring substituents is 1. The number of benzene rings is 3. The van der Waals surface area contributed by atoms with Gasteiger partial charge in [0.05, 0.1) is 22.7 Å². The van der Waals surface area contributed by atoms with Crippen LogP contribution in [0.1, 0.15) is 30.1 Å². The molecule has 1 amide bonds. The zero-order valence-corrected chi connectivity index (χ0v) is 18.3. The summed E-state index contributed by atoms with van der Waals surface area (Å²) >= 11 is 3.36. The number of hydrogen-bond donors (Lipinski definition) is 0. The molecule has 0 saturated heterocycles. The summed E-state index contributed by atoms with van der Waals surface area (Å²) in [6.45, 7) is 2.54. The molecule has 0 aliphatic carbocycles. The second kappa shape index (κ2) is 8.77. The van der Waals surface area contributed by atoms with Gasteiger partial charge in [0, 0.05) is 11.0 Å². The van der Waals surface area contributed by atoms with Crippen LogP contribution in [-0.4, -0.2) is 17.4 Å². The highest BCUT2D eigenvalue weighted by molar-refractivity contribution is 9.10. The molecule has 7 nitrogen and oxygen atoms in total. The first kappa shape index (κ1) is 20.9. The molecule has 1 aliphatic heterocycles. The second-order valence-corrected chi connectivity index (χ2v) is 7.93. The maximum absolute atomic E-state index is 13.6. The molecule has 0 bridgehead atoms. The van der Waals surface area contributed by atoms with Gasteiger partial charge in [-0.1, -0.05) is 41.4 Å². The third kappa shape index (κ3) is 4.25. The fourth-order valence-corrected chi connectivity index (χ4v) is 3.61. The minimum Gasteiger partial charge on any atom is -0.456 e. The number of carbonyl (C=O) groups excluding carboxylic acids is 1. The Morgan fingerprint density at radius 2 is 1.84 bits per heavy atom. The molecule has 0 N–H and O–H groups in total. The van der Waals surface area contributed by atoms with Crippen molar-refractivity contribution in [3.63, 3.8) is 0 Å². The Bertz CT molecular complexity index is 1150. The maximum atomic E-state index is 13.6. The van der Waals surface area contributed by atoms with E-state index in [4.69, 9.17) is 9.47 Å². The predicted octanol–water partition coefficient (Wildman–Crippen LogP) is 6.70. The SMILES string of the molecule is CCCCN1C(=O)c2c(Oc3ccc(Br)cc3)cc([N+](=O)[O-])cc2Oc2ccccc21. The van der Waals surface area contributed by atoms with E-state index in [0.717, 1.165) is 17.3 Å². The molecule has 3 aromatic rings. The van der Waals surface area contributed by atoms with E-state index in [1.165, 1.54) is 12.1 Å². The van der Waals surface area contributed by atoms with Crippen LogP contribution in [0.25, 0.3) is 0 Å². The first-order valence-electron chi connectivity index (χ1n) is 9.82. The largest absolute Gasteiger partial charge is 0.456 e. The van der Waals surface area contributed by atoms with Gasteiger partial charge in [-0.3, -0.25) is 14.9 Å². The van der Waals surface area contributed by atoms with Crippen molar-refractivity contribution < 1.29 is 19.2 Å². The number of unbranched alkanes of at least 4 members (excludes halogenated alkanes) is 1. The molecule has 1 heterocycles. The smallest absolute Gasteiger partial charge is 0.276 e. The number of fused-ring (bicyclic) bond motifs is 2. The summed E-state index contributed by atoms with van der Waals surface area (Å²) in [7, 11) is 0. The van der Waals surface area contributed by atoms with Crippen LogP contribution in [0.15, 0.2) is 65.1 Å². The van der Waals surface area contributed by atoms with Gasteiger partial charge in [0.1, 0.15) is 11.3 Å². The molecule has 4 rings (SSSR count). The highest BCUT2D eigenvalue weighted by Gasteiger charge is 2.33. The predicted molar refractivity (Wildman–Crippen MR) is 120 cm³/mol. The fraction of sp³-hybridized carbons (Fsp3) is 0.174. The van der Waals surface area contributed by atoms with Gasteiger partial charge in [0.2, 0.25) is 0 Å². The molecule has 0 saturated carbocycles. The number of carbonyl (C=O) groups is 1. The van der Waals surface area contributed by atoms with Crippen molar-refractivity contribution in [2.45, 2.75) is 19.8 Å².